The van der Waals surface area contributed by atoms with Crippen LogP contribution in [0.5, 0.6) is 0 Å². The molecule has 0 saturated heterocycles. The van der Waals surface area contributed by atoms with Crippen LogP contribution in [-0.4, -0.2) is 21.9 Å². The molecule has 1 heterocycles. The second kappa shape index (κ2) is 6.11. The maximum Gasteiger partial charge on any atom is 0.293 e. The molecule has 0 radical (unpaired) electrons. The van der Waals surface area contributed by atoms with Crippen molar-refractivity contribution in [2.24, 2.45) is 12.1 Å². The van der Waals surface area contributed by atoms with Crippen LogP contribution in [-0.2, 0) is 7.05 Å². The Kier molecular flexibility index (Phi) is 4.02. The Morgan fingerprint density at radius 3 is 2.82 bits per heavy atom. The molecular weight excluding hydrogens is 344 g/mol. The van der Waals surface area contributed by atoms with Crippen LogP contribution in [0.15, 0.2) is 58.2 Å². The van der Waals surface area contributed by atoms with Gasteiger partial charge in [-0.15, -0.1) is 0 Å². The molecule has 22 heavy (non-hydrogen) atoms. The molecule has 0 aliphatic rings. The van der Waals surface area contributed by atoms with Crippen molar-refractivity contribution in [1.82, 2.24) is 15.2 Å². The molecule has 6 heteroatoms. The lowest BCUT2D eigenvalue weighted by molar-refractivity contribution is 0.0948. The Morgan fingerprint density at radius 1 is 1.27 bits per heavy atom. The molecule has 0 saturated carbocycles. The maximum absolute atomic E-state index is 12.0. The van der Waals surface area contributed by atoms with E-state index < -0.39 is 0 Å². The normalized spacial score (nSPS) is 11.2. The highest BCUT2D eigenvalue weighted by Crippen LogP contribution is 2.17. The number of fused-ring (bicyclic) bond motifs is 1. The van der Waals surface area contributed by atoms with Crippen molar-refractivity contribution >= 4 is 38.8 Å². The third-order valence-electron chi connectivity index (χ3n) is 3.19. The average molecular weight is 357 g/mol. The van der Waals surface area contributed by atoms with Gasteiger partial charge in [0.05, 0.1) is 10.7 Å². The van der Waals surface area contributed by atoms with Crippen molar-refractivity contribution in [3.63, 3.8) is 0 Å². The van der Waals surface area contributed by atoms with E-state index in [1.54, 1.807) is 24.1 Å². The number of halogens is 1. The molecule has 3 aromatic rings. The molecule has 2 aromatic carbocycles. The SMILES string of the molecule is Cn1cc(Br)c(C(=O)N/N=C\c2cccc3ccccc23)n1. The van der Waals surface area contributed by atoms with Crippen molar-refractivity contribution in [3.05, 3.63) is 64.4 Å². The first-order valence-corrected chi connectivity index (χ1v) is 7.45. The minimum Gasteiger partial charge on any atom is -0.274 e. The van der Waals surface area contributed by atoms with E-state index in [0.29, 0.717) is 10.2 Å². The van der Waals surface area contributed by atoms with Crippen LogP contribution < -0.4 is 5.43 Å². The Hall–Kier alpha value is -2.47. The fraction of sp³-hybridized carbons (Fsp3) is 0.0625. The highest BCUT2D eigenvalue weighted by molar-refractivity contribution is 9.10. The van der Waals surface area contributed by atoms with Gasteiger partial charge in [-0.25, -0.2) is 5.43 Å². The standard InChI is InChI=1S/C16H13BrN4O/c1-21-10-14(17)15(20-21)16(22)19-18-9-12-7-4-6-11-5-2-3-8-13(11)12/h2-10H,1H3,(H,19,22)/b18-9-. The molecule has 1 amide bonds. The van der Waals surface area contributed by atoms with Crippen LogP contribution in [0.1, 0.15) is 16.1 Å². The fourth-order valence-corrected chi connectivity index (χ4v) is 2.75. The summed E-state index contributed by atoms with van der Waals surface area (Å²) in [7, 11) is 1.75. The van der Waals surface area contributed by atoms with Gasteiger partial charge in [-0.2, -0.15) is 10.2 Å². The topological polar surface area (TPSA) is 59.3 Å². The van der Waals surface area contributed by atoms with Gasteiger partial charge in [0, 0.05) is 18.8 Å². The Morgan fingerprint density at radius 2 is 2.05 bits per heavy atom. The molecule has 0 atom stereocenters. The lowest BCUT2D eigenvalue weighted by atomic mass is 10.1. The van der Waals surface area contributed by atoms with Crippen molar-refractivity contribution in [3.8, 4) is 0 Å². The summed E-state index contributed by atoms with van der Waals surface area (Å²) in [5, 5.41) is 10.3. The van der Waals surface area contributed by atoms with Gasteiger partial charge in [-0.05, 0) is 26.7 Å². The van der Waals surface area contributed by atoms with Crippen molar-refractivity contribution in [2.75, 3.05) is 0 Å². The summed E-state index contributed by atoms with van der Waals surface area (Å²) in [6, 6.07) is 14.0. The molecule has 0 aliphatic carbocycles. The van der Waals surface area contributed by atoms with E-state index in [9.17, 15) is 4.79 Å². The summed E-state index contributed by atoms with van der Waals surface area (Å²) >= 11 is 3.29. The molecule has 1 N–H and O–H groups in total. The van der Waals surface area contributed by atoms with Crippen LogP contribution in [0.3, 0.4) is 0 Å². The number of carbonyl (C=O) groups is 1. The number of hydrazone groups is 1. The number of hydrogen-bond donors (Lipinski definition) is 1. The predicted molar refractivity (Wildman–Crippen MR) is 89.9 cm³/mol. The van der Waals surface area contributed by atoms with Gasteiger partial charge in [0.25, 0.3) is 5.91 Å². The summed E-state index contributed by atoms with van der Waals surface area (Å²) in [6.45, 7) is 0. The summed E-state index contributed by atoms with van der Waals surface area (Å²) in [5.74, 6) is -0.357. The van der Waals surface area contributed by atoms with Crippen molar-refractivity contribution in [2.45, 2.75) is 0 Å². The Balaban J connectivity index is 1.79. The molecule has 3 rings (SSSR count). The summed E-state index contributed by atoms with van der Waals surface area (Å²) in [4.78, 5) is 12.0. The van der Waals surface area contributed by atoms with E-state index in [1.807, 2.05) is 42.5 Å². The van der Waals surface area contributed by atoms with Gasteiger partial charge in [0.1, 0.15) is 0 Å². The first kappa shape index (κ1) is 14.5. The van der Waals surface area contributed by atoms with E-state index >= 15 is 0 Å². The highest BCUT2D eigenvalue weighted by atomic mass is 79.9. The Labute approximate surface area is 135 Å². The molecular formula is C16H13BrN4O. The zero-order chi connectivity index (χ0) is 15.5. The number of benzene rings is 2. The number of aromatic nitrogens is 2. The van der Waals surface area contributed by atoms with Gasteiger partial charge in [0.2, 0.25) is 0 Å². The van der Waals surface area contributed by atoms with E-state index in [4.69, 9.17) is 0 Å². The first-order chi connectivity index (χ1) is 10.6. The summed E-state index contributed by atoms with van der Waals surface area (Å²) in [6.07, 6.45) is 3.35. The van der Waals surface area contributed by atoms with Crippen molar-refractivity contribution < 1.29 is 4.79 Å². The molecule has 1 aromatic heterocycles. The lowest BCUT2D eigenvalue weighted by Gasteiger charge is -2.01. The second-order valence-corrected chi connectivity index (χ2v) is 5.62. The van der Waals surface area contributed by atoms with E-state index in [-0.39, 0.29) is 5.91 Å². The van der Waals surface area contributed by atoms with Crippen LogP contribution in [0.2, 0.25) is 0 Å². The fourth-order valence-electron chi connectivity index (χ4n) is 2.19. The largest absolute Gasteiger partial charge is 0.293 e. The number of hydrogen-bond acceptors (Lipinski definition) is 3. The minimum atomic E-state index is -0.357. The average Bonchev–Trinajstić information content (AvgIpc) is 2.86. The molecule has 0 bridgehead atoms. The zero-order valence-corrected chi connectivity index (χ0v) is 13.4. The highest BCUT2D eigenvalue weighted by Gasteiger charge is 2.13. The minimum absolute atomic E-state index is 0.303. The zero-order valence-electron chi connectivity index (χ0n) is 11.8. The van der Waals surface area contributed by atoms with Gasteiger partial charge < -0.3 is 0 Å². The van der Waals surface area contributed by atoms with E-state index in [0.717, 1.165) is 16.3 Å². The molecule has 0 aliphatic heterocycles. The van der Waals surface area contributed by atoms with Crippen LogP contribution in [0.25, 0.3) is 10.8 Å². The van der Waals surface area contributed by atoms with E-state index in [1.165, 1.54) is 0 Å². The van der Waals surface area contributed by atoms with Gasteiger partial charge >= 0.3 is 0 Å². The summed E-state index contributed by atoms with van der Waals surface area (Å²) in [5.41, 5.74) is 3.74. The number of amides is 1. The third-order valence-corrected chi connectivity index (χ3v) is 3.77. The van der Waals surface area contributed by atoms with Gasteiger partial charge in [-0.3, -0.25) is 9.48 Å². The monoisotopic (exact) mass is 356 g/mol. The van der Waals surface area contributed by atoms with Gasteiger partial charge in [-0.1, -0.05) is 42.5 Å². The predicted octanol–water partition coefficient (Wildman–Crippen LogP) is 3.10. The molecule has 0 fully saturated rings. The molecule has 5 nitrogen and oxygen atoms in total. The van der Waals surface area contributed by atoms with Crippen LogP contribution in [0, 0.1) is 0 Å². The molecule has 110 valence electrons. The number of rotatable bonds is 3. The van der Waals surface area contributed by atoms with Crippen LogP contribution in [0.4, 0.5) is 0 Å². The Bertz CT molecular complexity index is 864. The maximum atomic E-state index is 12.0. The van der Waals surface area contributed by atoms with Crippen LogP contribution >= 0.6 is 15.9 Å². The third kappa shape index (κ3) is 2.92. The van der Waals surface area contributed by atoms with Crippen molar-refractivity contribution in [1.29, 1.82) is 0 Å². The lowest BCUT2D eigenvalue weighted by Crippen LogP contribution is -2.19. The first-order valence-electron chi connectivity index (χ1n) is 6.65. The van der Waals surface area contributed by atoms with Gasteiger partial charge in [0.15, 0.2) is 5.69 Å². The number of nitrogens with one attached hydrogen (secondary N) is 1. The quantitative estimate of drug-likeness (QED) is 0.579. The molecule has 0 spiro atoms. The summed E-state index contributed by atoms with van der Waals surface area (Å²) < 4.78 is 2.20. The number of nitrogens with zero attached hydrogens (tertiary/aromatic N) is 3. The molecule has 0 unspecified atom stereocenters. The van der Waals surface area contributed by atoms with E-state index in [2.05, 4.69) is 31.6 Å². The number of carbonyl (C=O) groups excluding carboxylic acids is 1. The number of aryl methyl sites for hydroxylation is 1. The second-order valence-electron chi connectivity index (χ2n) is 4.77. The smallest absolute Gasteiger partial charge is 0.274 e.